The van der Waals surface area contributed by atoms with Crippen LogP contribution in [-0.4, -0.2) is 66.9 Å². The predicted molar refractivity (Wildman–Crippen MR) is 72.6 cm³/mol. The van der Waals surface area contributed by atoms with Crippen molar-refractivity contribution in [1.29, 1.82) is 0 Å². The molecule has 2 saturated heterocycles. The SMILES string of the molecule is COC(=O)C1CCN(S(=O)(=O)N2CCCCC2C(=O)O)C1. The number of hydrogen-bond donors (Lipinski definition) is 1. The molecule has 8 nitrogen and oxygen atoms in total. The maximum atomic E-state index is 12.6. The molecule has 21 heavy (non-hydrogen) atoms. The molecule has 0 radical (unpaired) electrons. The maximum absolute atomic E-state index is 12.6. The van der Waals surface area contributed by atoms with Crippen LogP contribution in [0.2, 0.25) is 0 Å². The summed E-state index contributed by atoms with van der Waals surface area (Å²) in [5.74, 6) is -2.03. The minimum atomic E-state index is -3.85. The molecule has 0 aromatic rings. The molecular formula is C12H20N2O6S. The van der Waals surface area contributed by atoms with Crippen LogP contribution >= 0.6 is 0 Å². The average Bonchev–Trinajstić information content (AvgIpc) is 2.97. The number of carboxylic acid groups (broad SMARTS) is 1. The van der Waals surface area contributed by atoms with Gasteiger partial charge in [-0.2, -0.15) is 17.0 Å². The van der Waals surface area contributed by atoms with Crippen LogP contribution in [0, 0.1) is 5.92 Å². The van der Waals surface area contributed by atoms with E-state index in [2.05, 4.69) is 4.74 Å². The number of nitrogens with zero attached hydrogens (tertiary/aromatic N) is 2. The molecular weight excluding hydrogens is 300 g/mol. The van der Waals surface area contributed by atoms with E-state index in [0.717, 1.165) is 4.31 Å². The number of ether oxygens (including phenoxy) is 1. The van der Waals surface area contributed by atoms with Crippen molar-refractivity contribution in [2.75, 3.05) is 26.7 Å². The standard InChI is InChI=1S/C12H20N2O6S/c1-20-12(17)9-5-7-13(8-9)21(18,19)14-6-3-2-4-10(14)11(15)16/h9-10H,2-8H2,1H3,(H,15,16). The molecule has 2 fully saturated rings. The van der Waals surface area contributed by atoms with Crippen molar-refractivity contribution in [3.05, 3.63) is 0 Å². The molecule has 2 heterocycles. The lowest BCUT2D eigenvalue weighted by atomic mass is 10.1. The maximum Gasteiger partial charge on any atom is 0.322 e. The first-order chi connectivity index (χ1) is 9.87. The Morgan fingerprint density at radius 3 is 2.52 bits per heavy atom. The van der Waals surface area contributed by atoms with Crippen molar-refractivity contribution >= 4 is 22.1 Å². The molecule has 2 unspecified atom stereocenters. The van der Waals surface area contributed by atoms with Crippen LogP contribution in [0.15, 0.2) is 0 Å². The lowest BCUT2D eigenvalue weighted by Gasteiger charge is -2.34. The smallest absolute Gasteiger partial charge is 0.322 e. The molecule has 2 aliphatic heterocycles. The number of aliphatic carboxylic acids is 1. The predicted octanol–water partition coefficient (Wildman–Crippen LogP) is -0.335. The van der Waals surface area contributed by atoms with Gasteiger partial charge in [0.25, 0.3) is 10.2 Å². The van der Waals surface area contributed by atoms with Crippen molar-refractivity contribution in [2.24, 2.45) is 5.92 Å². The highest BCUT2D eigenvalue weighted by Crippen LogP contribution is 2.27. The molecule has 120 valence electrons. The van der Waals surface area contributed by atoms with Gasteiger partial charge in [0.15, 0.2) is 0 Å². The number of methoxy groups -OCH3 is 1. The highest BCUT2D eigenvalue weighted by Gasteiger charge is 2.43. The number of piperidine rings is 1. The van der Waals surface area contributed by atoms with Gasteiger partial charge in [-0.3, -0.25) is 9.59 Å². The van der Waals surface area contributed by atoms with Gasteiger partial charge in [0.2, 0.25) is 0 Å². The van der Waals surface area contributed by atoms with Gasteiger partial charge in [-0.15, -0.1) is 0 Å². The van der Waals surface area contributed by atoms with Crippen LogP contribution in [0.1, 0.15) is 25.7 Å². The van der Waals surface area contributed by atoms with Crippen LogP contribution in [0.4, 0.5) is 0 Å². The molecule has 0 spiro atoms. The highest BCUT2D eigenvalue weighted by atomic mass is 32.2. The Bertz CT molecular complexity index is 520. The first kappa shape index (κ1) is 16.2. The largest absolute Gasteiger partial charge is 0.480 e. The fourth-order valence-electron chi connectivity index (χ4n) is 2.87. The Labute approximate surface area is 123 Å². The fourth-order valence-corrected chi connectivity index (χ4v) is 4.75. The summed E-state index contributed by atoms with van der Waals surface area (Å²) >= 11 is 0. The van der Waals surface area contributed by atoms with E-state index < -0.39 is 34.1 Å². The van der Waals surface area contributed by atoms with E-state index in [-0.39, 0.29) is 19.6 Å². The summed E-state index contributed by atoms with van der Waals surface area (Å²) < 4.78 is 32.1. The summed E-state index contributed by atoms with van der Waals surface area (Å²) in [7, 11) is -2.58. The third kappa shape index (κ3) is 3.19. The van der Waals surface area contributed by atoms with E-state index in [4.69, 9.17) is 0 Å². The van der Waals surface area contributed by atoms with E-state index in [1.165, 1.54) is 11.4 Å². The Balaban J connectivity index is 2.14. The van der Waals surface area contributed by atoms with Gasteiger partial charge >= 0.3 is 11.9 Å². The lowest BCUT2D eigenvalue weighted by Crippen LogP contribution is -2.53. The summed E-state index contributed by atoms with van der Waals surface area (Å²) in [6, 6.07) is -1.01. The number of carbonyl (C=O) groups excluding carboxylic acids is 1. The van der Waals surface area contributed by atoms with Gasteiger partial charge in [-0.1, -0.05) is 0 Å². The van der Waals surface area contributed by atoms with Crippen molar-refractivity contribution in [3.8, 4) is 0 Å². The molecule has 0 aromatic carbocycles. The molecule has 0 amide bonds. The van der Waals surface area contributed by atoms with Gasteiger partial charge in [-0.05, 0) is 25.7 Å². The van der Waals surface area contributed by atoms with Crippen LogP contribution in [0.25, 0.3) is 0 Å². The molecule has 0 saturated carbocycles. The molecule has 2 aliphatic rings. The Hall–Kier alpha value is -1.19. The average molecular weight is 320 g/mol. The molecule has 0 bridgehead atoms. The summed E-state index contributed by atoms with van der Waals surface area (Å²) in [5, 5.41) is 9.19. The van der Waals surface area contributed by atoms with E-state index in [0.29, 0.717) is 25.7 Å². The topological polar surface area (TPSA) is 104 Å². The number of carbonyl (C=O) groups is 2. The molecule has 9 heteroatoms. The highest BCUT2D eigenvalue weighted by molar-refractivity contribution is 7.86. The lowest BCUT2D eigenvalue weighted by molar-refractivity contribution is -0.145. The summed E-state index contributed by atoms with van der Waals surface area (Å²) in [6.45, 7) is 0.474. The van der Waals surface area contributed by atoms with Crippen molar-refractivity contribution in [2.45, 2.75) is 31.7 Å². The van der Waals surface area contributed by atoms with Crippen LogP contribution in [0.3, 0.4) is 0 Å². The monoisotopic (exact) mass is 320 g/mol. The normalized spacial score (nSPS) is 28.4. The second-order valence-electron chi connectivity index (χ2n) is 5.34. The Morgan fingerprint density at radius 1 is 1.19 bits per heavy atom. The Kier molecular flexibility index (Phi) is 4.84. The molecule has 2 atom stereocenters. The summed E-state index contributed by atoms with van der Waals surface area (Å²) in [5.41, 5.74) is 0. The number of rotatable bonds is 4. The zero-order chi connectivity index (χ0) is 15.6. The number of esters is 1. The quantitative estimate of drug-likeness (QED) is 0.711. The fraction of sp³-hybridized carbons (Fsp3) is 0.833. The van der Waals surface area contributed by atoms with E-state index in [1.54, 1.807) is 0 Å². The molecule has 2 rings (SSSR count). The van der Waals surface area contributed by atoms with E-state index in [9.17, 15) is 23.1 Å². The summed E-state index contributed by atoms with van der Waals surface area (Å²) in [6.07, 6.45) is 2.07. The van der Waals surface area contributed by atoms with Gasteiger partial charge in [-0.25, -0.2) is 0 Å². The van der Waals surface area contributed by atoms with Crippen LogP contribution in [-0.2, 0) is 24.5 Å². The van der Waals surface area contributed by atoms with Crippen molar-refractivity contribution in [1.82, 2.24) is 8.61 Å². The zero-order valence-electron chi connectivity index (χ0n) is 11.9. The molecule has 1 N–H and O–H groups in total. The minimum absolute atomic E-state index is 0.0534. The third-order valence-electron chi connectivity index (χ3n) is 4.05. The van der Waals surface area contributed by atoms with Gasteiger partial charge in [0.1, 0.15) is 6.04 Å². The van der Waals surface area contributed by atoms with Gasteiger partial charge < -0.3 is 9.84 Å². The van der Waals surface area contributed by atoms with E-state index >= 15 is 0 Å². The van der Waals surface area contributed by atoms with Crippen molar-refractivity contribution < 1.29 is 27.9 Å². The van der Waals surface area contributed by atoms with Crippen molar-refractivity contribution in [3.63, 3.8) is 0 Å². The minimum Gasteiger partial charge on any atom is -0.480 e. The van der Waals surface area contributed by atoms with Crippen LogP contribution < -0.4 is 0 Å². The molecule has 0 aromatic heterocycles. The molecule has 0 aliphatic carbocycles. The first-order valence-electron chi connectivity index (χ1n) is 6.95. The zero-order valence-corrected chi connectivity index (χ0v) is 12.7. The van der Waals surface area contributed by atoms with E-state index in [1.807, 2.05) is 0 Å². The van der Waals surface area contributed by atoms with Crippen LogP contribution in [0.5, 0.6) is 0 Å². The number of carboxylic acids is 1. The number of hydrogen-bond acceptors (Lipinski definition) is 5. The summed E-state index contributed by atoms with van der Waals surface area (Å²) in [4.78, 5) is 22.7. The second-order valence-corrected chi connectivity index (χ2v) is 7.22. The van der Waals surface area contributed by atoms with Gasteiger partial charge in [0.05, 0.1) is 13.0 Å². The second kappa shape index (κ2) is 6.29. The third-order valence-corrected chi connectivity index (χ3v) is 6.06. The van der Waals surface area contributed by atoms with Gasteiger partial charge in [0, 0.05) is 19.6 Å². The first-order valence-corrected chi connectivity index (χ1v) is 8.35. The Morgan fingerprint density at radius 2 is 1.90 bits per heavy atom.